The second-order valence-electron chi connectivity index (χ2n) is 3.97. The number of aliphatic carboxylic acids is 1. The van der Waals surface area contributed by atoms with Gasteiger partial charge in [-0.05, 0) is 20.0 Å². The van der Waals surface area contributed by atoms with E-state index in [1.165, 1.54) is 32.1 Å². The maximum absolute atomic E-state index is 10.1. The molecule has 3 nitrogen and oxygen atoms in total. The first-order valence-corrected chi connectivity index (χ1v) is 6.55. The van der Waals surface area contributed by atoms with Crippen molar-refractivity contribution in [3.63, 3.8) is 0 Å². The van der Waals surface area contributed by atoms with Crippen molar-refractivity contribution in [2.24, 2.45) is 0 Å². The molecule has 3 heteroatoms. The highest BCUT2D eigenvalue weighted by Gasteiger charge is 1.95. The van der Waals surface area contributed by atoms with E-state index in [2.05, 4.69) is 19.2 Å². The molecule has 0 saturated carbocycles. The number of carbonyl (C=O) groups is 1. The van der Waals surface area contributed by atoms with Gasteiger partial charge in [-0.1, -0.05) is 52.4 Å². The van der Waals surface area contributed by atoms with Crippen LogP contribution in [-0.2, 0) is 4.79 Å². The van der Waals surface area contributed by atoms with Gasteiger partial charge in [0.1, 0.15) is 0 Å². The molecule has 0 fully saturated rings. The van der Waals surface area contributed by atoms with Crippen molar-refractivity contribution < 1.29 is 9.90 Å². The van der Waals surface area contributed by atoms with Gasteiger partial charge in [0.2, 0.25) is 0 Å². The molecular weight excluding hydrogens is 202 g/mol. The Balaban J connectivity index is 0. The van der Waals surface area contributed by atoms with Crippen molar-refractivity contribution >= 4 is 5.97 Å². The molecule has 0 aromatic carbocycles. The monoisotopic (exact) mass is 231 g/mol. The lowest BCUT2D eigenvalue weighted by molar-refractivity contribution is -0.137. The predicted molar refractivity (Wildman–Crippen MR) is 69.8 cm³/mol. The summed E-state index contributed by atoms with van der Waals surface area (Å²) in [7, 11) is 1.93. The Hall–Kier alpha value is -0.570. The average molecular weight is 231 g/mol. The topological polar surface area (TPSA) is 49.3 Å². The summed E-state index contributed by atoms with van der Waals surface area (Å²) < 4.78 is 0. The van der Waals surface area contributed by atoms with Crippen LogP contribution >= 0.6 is 0 Å². The maximum Gasteiger partial charge on any atom is 0.303 e. The molecule has 0 aliphatic rings. The minimum atomic E-state index is -0.663. The van der Waals surface area contributed by atoms with Crippen molar-refractivity contribution in [1.82, 2.24) is 5.32 Å². The van der Waals surface area contributed by atoms with Crippen LogP contribution in [0.2, 0.25) is 0 Å². The Labute approximate surface area is 101 Å². The fourth-order valence-corrected chi connectivity index (χ4v) is 1.23. The van der Waals surface area contributed by atoms with E-state index >= 15 is 0 Å². The van der Waals surface area contributed by atoms with Gasteiger partial charge in [-0.3, -0.25) is 4.79 Å². The van der Waals surface area contributed by atoms with Gasteiger partial charge in [0.25, 0.3) is 0 Å². The Morgan fingerprint density at radius 1 is 1.00 bits per heavy atom. The van der Waals surface area contributed by atoms with E-state index < -0.39 is 5.97 Å². The summed E-state index contributed by atoms with van der Waals surface area (Å²) >= 11 is 0. The molecule has 0 amide bonds. The predicted octanol–water partition coefficient (Wildman–Crippen LogP) is 3.44. The van der Waals surface area contributed by atoms with Gasteiger partial charge < -0.3 is 10.4 Å². The van der Waals surface area contributed by atoms with E-state index in [9.17, 15) is 4.79 Å². The molecular formula is C13H29NO2. The van der Waals surface area contributed by atoms with E-state index in [0.717, 1.165) is 19.4 Å². The van der Waals surface area contributed by atoms with E-state index in [-0.39, 0.29) is 0 Å². The molecule has 0 spiro atoms. The van der Waals surface area contributed by atoms with Crippen LogP contribution < -0.4 is 5.32 Å². The SMILES string of the molecule is CCCCCCCCCC(=O)O.CCNC. The normalized spacial score (nSPS) is 9.44. The smallest absolute Gasteiger partial charge is 0.303 e. The van der Waals surface area contributed by atoms with Crippen LogP contribution in [0.5, 0.6) is 0 Å². The van der Waals surface area contributed by atoms with Crippen LogP contribution in [0.25, 0.3) is 0 Å². The standard InChI is InChI=1S/C10H20O2.C3H9N/c1-2-3-4-5-6-7-8-9-10(11)12;1-3-4-2/h2-9H2,1H3,(H,11,12);4H,3H2,1-2H3. The molecule has 0 bridgehead atoms. The van der Waals surface area contributed by atoms with Crippen LogP contribution in [0.1, 0.15) is 65.2 Å². The summed E-state index contributed by atoms with van der Waals surface area (Å²) in [5, 5.41) is 11.3. The average Bonchev–Trinajstić information content (AvgIpc) is 2.28. The molecule has 2 N–H and O–H groups in total. The van der Waals surface area contributed by atoms with Crippen molar-refractivity contribution in [1.29, 1.82) is 0 Å². The van der Waals surface area contributed by atoms with Crippen LogP contribution in [0.3, 0.4) is 0 Å². The highest BCUT2D eigenvalue weighted by Crippen LogP contribution is 2.07. The van der Waals surface area contributed by atoms with Crippen molar-refractivity contribution in [3.8, 4) is 0 Å². The highest BCUT2D eigenvalue weighted by atomic mass is 16.4. The second kappa shape index (κ2) is 16.8. The largest absolute Gasteiger partial charge is 0.481 e. The first-order chi connectivity index (χ1) is 7.68. The molecule has 0 radical (unpaired) electrons. The number of unbranched alkanes of at least 4 members (excludes halogenated alkanes) is 6. The van der Waals surface area contributed by atoms with Crippen molar-refractivity contribution in [3.05, 3.63) is 0 Å². The second-order valence-corrected chi connectivity index (χ2v) is 3.97. The number of hydrogen-bond acceptors (Lipinski definition) is 2. The third kappa shape index (κ3) is 23.3. The number of hydrogen-bond donors (Lipinski definition) is 2. The first-order valence-electron chi connectivity index (χ1n) is 6.55. The number of nitrogens with one attached hydrogen (secondary N) is 1. The Kier molecular flexibility index (Phi) is 18.8. The molecule has 0 aromatic heterocycles. The molecule has 16 heavy (non-hydrogen) atoms. The summed E-state index contributed by atoms with van der Waals surface area (Å²) in [6.07, 6.45) is 8.64. The Bertz CT molecular complexity index is 136. The van der Waals surface area contributed by atoms with Gasteiger partial charge in [-0.25, -0.2) is 0 Å². The lowest BCUT2D eigenvalue weighted by Gasteiger charge is -1.98. The summed E-state index contributed by atoms with van der Waals surface area (Å²) in [6.45, 7) is 5.34. The van der Waals surface area contributed by atoms with Crippen LogP contribution in [-0.4, -0.2) is 24.7 Å². The molecule has 98 valence electrons. The maximum atomic E-state index is 10.1. The van der Waals surface area contributed by atoms with Gasteiger partial charge >= 0.3 is 5.97 Å². The zero-order valence-electron chi connectivity index (χ0n) is 11.2. The van der Waals surface area contributed by atoms with E-state index in [1.807, 2.05) is 7.05 Å². The van der Waals surface area contributed by atoms with Gasteiger partial charge in [0.15, 0.2) is 0 Å². The summed E-state index contributed by atoms with van der Waals surface area (Å²) in [5.41, 5.74) is 0. The minimum Gasteiger partial charge on any atom is -0.481 e. The molecule has 0 rings (SSSR count). The quantitative estimate of drug-likeness (QED) is 0.598. The number of carboxylic acid groups (broad SMARTS) is 1. The Morgan fingerprint density at radius 2 is 1.44 bits per heavy atom. The molecule has 0 atom stereocenters. The lowest BCUT2D eigenvalue weighted by Crippen LogP contribution is -2.01. The van der Waals surface area contributed by atoms with E-state index in [1.54, 1.807) is 0 Å². The molecule has 0 saturated heterocycles. The third-order valence-electron chi connectivity index (χ3n) is 2.35. The van der Waals surface area contributed by atoms with Crippen LogP contribution in [0.15, 0.2) is 0 Å². The van der Waals surface area contributed by atoms with E-state index in [0.29, 0.717) is 6.42 Å². The molecule has 0 aliphatic heterocycles. The van der Waals surface area contributed by atoms with Crippen LogP contribution in [0.4, 0.5) is 0 Å². The zero-order chi connectivity index (χ0) is 12.6. The Morgan fingerprint density at radius 3 is 1.81 bits per heavy atom. The van der Waals surface area contributed by atoms with Gasteiger partial charge in [0.05, 0.1) is 0 Å². The van der Waals surface area contributed by atoms with Gasteiger partial charge in [0, 0.05) is 6.42 Å². The van der Waals surface area contributed by atoms with Gasteiger partial charge in [-0.15, -0.1) is 0 Å². The summed E-state index contributed by atoms with van der Waals surface area (Å²) in [5.74, 6) is -0.663. The van der Waals surface area contributed by atoms with E-state index in [4.69, 9.17) is 5.11 Å². The minimum absolute atomic E-state index is 0.341. The molecule has 0 aromatic rings. The molecule has 0 unspecified atom stereocenters. The zero-order valence-corrected chi connectivity index (χ0v) is 11.2. The molecule has 0 heterocycles. The van der Waals surface area contributed by atoms with Crippen molar-refractivity contribution in [2.75, 3.05) is 13.6 Å². The first kappa shape index (κ1) is 17.8. The van der Waals surface area contributed by atoms with Crippen molar-refractivity contribution in [2.45, 2.75) is 65.2 Å². The highest BCUT2D eigenvalue weighted by molar-refractivity contribution is 5.66. The fourth-order valence-electron chi connectivity index (χ4n) is 1.23. The lowest BCUT2D eigenvalue weighted by atomic mass is 10.1. The number of rotatable bonds is 9. The fraction of sp³-hybridized carbons (Fsp3) is 0.923. The molecule has 0 aliphatic carbocycles. The summed E-state index contributed by atoms with van der Waals surface area (Å²) in [6, 6.07) is 0. The van der Waals surface area contributed by atoms with Crippen LogP contribution in [0, 0.1) is 0 Å². The number of carboxylic acids is 1. The third-order valence-corrected chi connectivity index (χ3v) is 2.35. The summed E-state index contributed by atoms with van der Waals surface area (Å²) in [4.78, 5) is 10.1. The van der Waals surface area contributed by atoms with Gasteiger partial charge in [-0.2, -0.15) is 0 Å².